The van der Waals surface area contributed by atoms with E-state index in [4.69, 9.17) is 0 Å². The summed E-state index contributed by atoms with van der Waals surface area (Å²) in [5, 5.41) is 8.06. The number of hydrogen-bond acceptors (Lipinski definition) is 4. The first-order valence-electron chi connectivity index (χ1n) is 6.72. The Bertz CT molecular complexity index is 541. The largest absolute Gasteiger partial charge is 0.435 e. The van der Waals surface area contributed by atoms with Crippen LogP contribution in [0.2, 0.25) is 0 Å². The van der Waals surface area contributed by atoms with Crippen molar-refractivity contribution in [2.24, 2.45) is 11.3 Å². The summed E-state index contributed by atoms with van der Waals surface area (Å²) in [5.41, 5.74) is 2.00. The summed E-state index contributed by atoms with van der Waals surface area (Å²) >= 11 is 0. The topological polar surface area (TPSA) is 58.1 Å². The van der Waals surface area contributed by atoms with Crippen molar-refractivity contribution in [2.45, 2.75) is 32.0 Å². The van der Waals surface area contributed by atoms with Gasteiger partial charge in [-0.3, -0.25) is 9.80 Å². The second kappa shape index (κ2) is 4.66. The number of carbonyl (C=O) groups is 1. The molecular weight excluding hydrogens is 285 g/mol. The highest BCUT2D eigenvalue weighted by Crippen LogP contribution is 2.64. The molecule has 0 spiro atoms. The Labute approximate surface area is 119 Å². The number of aromatic nitrogens is 2. The molecule has 2 bridgehead atoms. The van der Waals surface area contributed by atoms with Gasteiger partial charge in [0.2, 0.25) is 5.91 Å². The molecule has 0 radical (unpaired) electrons. The number of amides is 1. The highest BCUT2D eigenvalue weighted by Gasteiger charge is 2.62. The molecule has 8 heteroatoms. The van der Waals surface area contributed by atoms with Gasteiger partial charge in [-0.2, -0.15) is 18.3 Å². The van der Waals surface area contributed by atoms with Crippen LogP contribution in [0.25, 0.3) is 0 Å². The fourth-order valence-electron chi connectivity index (χ4n) is 2.97. The molecule has 0 atom stereocenters. The summed E-state index contributed by atoms with van der Waals surface area (Å²) in [6.07, 6.45) is -1.62. The van der Waals surface area contributed by atoms with Gasteiger partial charge in [0.1, 0.15) is 0 Å². The second-order valence-electron chi connectivity index (χ2n) is 5.87. The van der Waals surface area contributed by atoms with Crippen LogP contribution in [0.1, 0.15) is 30.7 Å². The van der Waals surface area contributed by atoms with Gasteiger partial charge < -0.3 is 0 Å². The zero-order valence-electron chi connectivity index (χ0n) is 11.4. The molecule has 5 nitrogen and oxygen atoms in total. The number of halogens is 3. The first-order chi connectivity index (χ1) is 9.80. The van der Waals surface area contributed by atoms with E-state index in [-0.39, 0.29) is 17.9 Å². The van der Waals surface area contributed by atoms with Crippen molar-refractivity contribution in [3.8, 4) is 0 Å². The van der Waals surface area contributed by atoms with Crippen LogP contribution in [-0.2, 0) is 17.5 Å². The van der Waals surface area contributed by atoms with E-state index in [1.165, 1.54) is 11.1 Å². The van der Waals surface area contributed by atoms with E-state index in [9.17, 15) is 18.0 Å². The van der Waals surface area contributed by atoms with Crippen molar-refractivity contribution in [1.82, 2.24) is 20.6 Å². The standard InChI is InChI=1S/C13H15F3N4O/c1-20(11(21)12-4-8(5-12)6-12)17-7-9-2-3-10(19-18-9)13(14,15)16/h2-3,8,17H,4-7H2,1H3. The van der Waals surface area contributed by atoms with E-state index in [1.807, 2.05) is 0 Å². The van der Waals surface area contributed by atoms with Gasteiger partial charge in [0.05, 0.1) is 17.7 Å². The summed E-state index contributed by atoms with van der Waals surface area (Å²) in [4.78, 5) is 12.2. The fraction of sp³-hybridized carbons (Fsp3) is 0.615. The predicted octanol–water partition coefficient (Wildman–Crippen LogP) is 1.76. The minimum Gasteiger partial charge on any atom is -0.280 e. The molecule has 1 heterocycles. The molecule has 0 aliphatic heterocycles. The van der Waals surface area contributed by atoms with Crippen LogP contribution in [0.4, 0.5) is 13.2 Å². The summed E-state index contributed by atoms with van der Waals surface area (Å²) in [6.45, 7) is 0.160. The van der Waals surface area contributed by atoms with Gasteiger partial charge in [-0.25, -0.2) is 5.43 Å². The molecule has 3 fully saturated rings. The maximum Gasteiger partial charge on any atom is 0.435 e. The third-order valence-corrected chi connectivity index (χ3v) is 4.30. The number of hydrazine groups is 1. The Kier molecular flexibility index (Phi) is 3.16. The number of hydrogen-bond donors (Lipinski definition) is 1. The summed E-state index contributed by atoms with van der Waals surface area (Å²) < 4.78 is 37.0. The van der Waals surface area contributed by atoms with Gasteiger partial charge in [0, 0.05) is 7.05 Å². The molecule has 0 aromatic carbocycles. The van der Waals surface area contributed by atoms with E-state index in [0.717, 1.165) is 25.3 Å². The van der Waals surface area contributed by atoms with Crippen molar-refractivity contribution in [3.63, 3.8) is 0 Å². The summed E-state index contributed by atoms with van der Waals surface area (Å²) in [5.74, 6) is 0.757. The molecule has 3 saturated carbocycles. The Hall–Kier alpha value is -1.70. The van der Waals surface area contributed by atoms with Gasteiger partial charge in [-0.05, 0) is 37.3 Å². The van der Waals surface area contributed by atoms with E-state index in [2.05, 4.69) is 15.6 Å². The number of nitrogens with one attached hydrogen (secondary N) is 1. The molecule has 3 aliphatic rings. The van der Waals surface area contributed by atoms with Crippen molar-refractivity contribution in [3.05, 3.63) is 23.5 Å². The van der Waals surface area contributed by atoms with Gasteiger partial charge in [0.15, 0.2) is 5.69 Å². The Balaban J connectivity index is 1.54. The predicted molar refractivity (Wildman–Crippen MR) is 66.4 cm³/mol. The summed E-state index contributed by atoms with van der Waals surface area (Å²) in [6, 6.07) is 2.13. The van der Waals surface area contributed by atoms with E-state index < -0.39 is 11.9 Å². The smallest absolute Gasteiger partial charge is 0.280 e. The fourth-order valence-corrected chi connectivity index (χ4v) is 2.97. The van der Waals surface area contributed by atoms with E-state index >= 15 is 0 Å². The Morgan fingerprint density at radius 3 is 2.48 bits per heavy atom. The molecule has 1 N–H and O–H groups in total. The lowest BCUT2D eigenvalue weighted by Gasteiger charge is -2.60. The van der Waals surface area contributed by atoms with Gasteiger partial charge in [-0.15, -0.1) is 5.10 Å². The van der Waals surface area contributed by atoms with Crippen LogP contribution in [0, 0.1) is 11.3 Å². The lowest BCUT2D eigenvalue weighted by atomic mass is 9.44. The zero-order valence-corrected chi connectivity index (χ0v) is 11.4. The zero-order chi connectivity index (χ0) is 15.3. The number of carbonyl (C=O) groups excluding carboxylic acids is 1. The molecule has 0 saturated heterocycles. The molecule has 21 heavy (non-hydrogen) atoms. The molecule has 3 aliphatic carbocycles. The van der Waals surface area contributed by atoms with E-state index in [1.54, 1.807) is 7.05 Å². The highest BCUT2D eigenvalue weighted by molar-refractivity contribution is 5.85. The Morgan fingerprint density at radius 2 is 2.05 bits per heavy atom. The third-order valence-electron chi connectivity index (χ3n) is 4.30. The van der Waals surface area contributed by atoms with Crippen molar-refractivity contribution >= 4 is 5.91 Å². The quantitative estimate of drug-likeness (QED) is 0.861. The molecule has 4 rings (SSSR count). The molecule has 1 amide bonds. The molecule has 1 aromatic heterocycles. The van der Waals surface area contributed by atoms with Crippen LogP contribution < -0.4 is 5.43 Å². The van der Waals surface area contributed by atoms with E-state index in [0.29, 0.717) is 11.6 Å². The first kappa shape index (κ1) is 14.2. The lowest BCUT2D eigenvalue weighted by molar-refractivity contribution is -0.178. The highest BCUT2D eigenvalue weighted by atomic mass is 19.4. The van der Waals surface area contributed by atoms with Crippen molar-refractivity contribution < 1.29 is 18.0 Å². The van der Waals surface area contributed by atoms with Gasteiger partial charge in [0.25, 0.3) is 0 Å². The first-order valence-corrected chi connectivity index (χ1v) is 6.72. The SMILES string of the molecule is CN(NCc1ccc(C(F)(F)F)nn1)C(=O)C12CC(C1)C2. The second-order valence-corrected chi connectivity index (χ2v) is 5.87. The number of rotatable bonds is 4. The van der Waals surface area contributed by atoms with Gasteiger partial charge >= 0.3 is 6.18 Å². The van der Waals surface area contributed by atoms with Crippen LogP contribution >= 0.6 is 0 Å². The van der Waals surface area contributed by atoms with Gasteiger partial charge in [-0.1, -0.05) is 0 Å². The van der Waals surface area contributed by atoms with Crippen LogP contribution in [-0.4, -0.2) is 28.2 Å². The molecule has 0 unspecified atom stereocenters. The minimum absolute atomic E-state index is 0.0462. The molecule has 114 valence electrons. The van der Waals surface area contributed by atoms with Crippen LogP contribution in [0.15, 0.2) is 12.1 Å². The molecular formula is C13H15F3N4O. The average Bonchev–Trinajstić information content (AvgIpc) is 2.31. The Morgan fingerprint density at radius 1 is 1.38 bits per heavy atom. The summed E-state index contributed by atoms with van der Waals surface area (Å²) in [7, 11) is 1.63. The molecule has 1 aromatic rings. The van der Waals surface area contributed by atoms with Crippen LogP contribution in [0.3, 0.4) is 0 Å². The minimum atomic E-state index is -4.49. The average molecular weight is 300 g/mol. The number of nitrogens with zero attached hydrogens (tertiary/aromatic N) is 3. The lowest BCUT2D eigenvalue weighted by Crippen LogP contribution is -2.62. The third kappa shape index (κ3) is 2.48. The normalized spacial score (nSPS) is 26.8. The number of alkyl halides is 3. The van der Waals surface area contributed by atoms with Crippen molar-refractivity contribution in [2.75, 3.05) is 7.05 Å². The maximum atomic E-state index is 12.3. The van der Waals surface area contributed by atoms with Crippen molar-refractivity contribution in [1.29, 1.82) is 0 Å². The monoisotopic (exact) mass is 300 g/mol. The van der Waals surface area contributed by atoms with Crippen LogP contribution in [0.5, 0.6) is 0 Å². The maximum absolute atomic E-state index is 12.3.